The van der Waals surface area contributed by atoms with Crippen molar-refractivity contribution in [2.75, 3.05) is 0 Å². The molecular formula is C26H18N2O. The Bertz CT molecular complexity index is 1280. The highest BCUT2D eigenvalue weighted by Gasteiger charge is 2.31. The molecule has 0 unspecified atom stereocenters. The lowest BCUT2D eigenvalue weighted by Crippen LogP contribution is -2.21. The average Bonchev–Trinajstić information content (AvgIpc) is 2.79. The minimum Gasteiger partial charge on any atom is -0.440 e. The number of hydrogen-bond donors (Lipinski definition) is 1. The Kier molecular flexibility index (Phi) is 4.04. The van der Waals surface area contributed by atoms with Crippen molar-refractivity contribution < 1.29 is 4.74 Å². The maximum Gasteiger partial charge on any atom is 0.205 e. The molecule has 0 aromatic heterocycles. The van der Waals surface area contributed by atoms with E-state index in [-0.39, 0.29) is 11.8 Å². The summed E-state index contributed by atoms with van der Waals surface area (Å²) >= 11 is 0. The van der Waals surface area contributed by atoms with Crippen molar-refractivity contribution in [2.24, 2.45) is 5.73 Å². The third-order valence-electron chi connectivity index (χ3n) is 5.46. The zero-order valence-corrected chi connectivity index (χ0v) is 15.7. The minimum absolute atomic E-state index is 0.175. The molecule has 1 heterocycles. The van der Waals surface area contributed by atoms with Crippen LogP contribution in [-0.4, -0.2) is 0 Å². The fraction of sp³-hybridized carbons (Fsp3) is 0.0385. The summed E-state index contributed by atoms with van der Waals surface area (Å²) in [5.41, 5.74) is 10.9. The van der Waals surface area contributed by atoms with Gasteiger partial charge in [-0.3, -0.25) is 0 Å². The van der Waals surface area contributed by atoms with Gasteiger partial charge in [-0.15, -0.1) is 0 Å². The smallest absolute Gasteiger partial charge is 0.205 e. The molecule has 0 fully saturated rings. The molecule has 2 N–H and O–H groups in total. The van der Waals surface area contributed by atoms with Gasteiger partial charge in [0.2, 0.25) is 5.88 Å². The minimum atomic E-state index is -0.252. The summed E-state index contributed by atoms with van der Waals surface area (Å²) in [5, 5.41) is 11.9. The molecule has 0 radical (unpaired) electrons. The van der Waals surface area contributed by atoms with E-state index in [4.69, 9.17) is 10.5 Å². The number of hydrogen-bond acceptors (Lipinski definition) is 3. The molecule has 0 spiro atoms. The number of rotatable bonds is 2. The number of allylic oxidation sites excluding steroid dienone is 1. The number of fused-ring (bicyclic) bond motifs is 3. The summed E-state index contributed by atoms with van der Waals surface area (Å²) < 4.78 is 5.93. The van der Waals surface area contributed by atoms with Gasteiger partial charge in [0, 0.05) is 10.9 Å². The van der Waals surface area contributed by atoms with Gasteiger partial charge in [0.25, 0.3) is 0 Å². The predicted octanol–water partition coefficient (Wildman–Crippen LogP) is 5.72. The summed E-state index contributed by atoms with van der Waals surface area (Å²) in [6.45, 7) is 0. The molecule has 1 aliphatic heterocycles. The van der Waals surface area contributed by atoms with Crippen molar-refractivity contribution in [1.82, 2.24) is 0 Å². The van der Waals surface area contributed by atoms with Crippen LogP contribution < -0.4 is 10.5 Å². The van der Waals surface area contributed by atoms with E-state index in [1.165, 1.54) is 0 Å². The Morgan fingerprint density at radius 1 is 0.759 bits per heavy atom. The summed E-state index contributed by atoms with van der Waals surface area (Å²) in [6, 6.07) is 33.0. The zero-order chi connectivity index (χ0) is 19.8. The lowest BCUT2D eigenvalue weighted by atomic mass is 9.82. The highest BCUT2D eigenvalue weighted by atomic mass is 16.5. The lowest BCUT2D eigenvalue weighted by Gasteiger charge is -2.27. The van der Waals surface area contributed by atoms with Gasteiger partial charge in [0.15, 0.2) is 0 Å². The molecule has 1 aliphatic rings. The molecule has 0 saturated carbocycles. The largest absolute Gasteiger partial charge is 0.440 e. The molecule has 3 heteroatoms. The SMILES string of the molecule is N#CC1=C(N)Oc2c(ccc3ccccc23)[C@@H]1c1ccc(-c2ccccc2)cc1. The van der Waals surface area contributed by atoms with Crippen LogP contribution >= 0.6 is 0 Å². The fourth-order valence-corrected chi connectivity index (χ4v) is 4.03. The number of ether oxygens (including phenoxy) is 1. The van der Waals surface area contributed by atoms with Gasteiger partial charge >= 0.3 is 0 Å². The molecule has 3 nitrogen and oxygen atoms in total. The lowest BCUT2D eigenvalue weighted by molar-refractivity contribution is 0.398. The summed E-state index contributed by atoms with van der Waals surface area (Å²) in [6.07, 6.45) is 0. The van der Waals surface area contributed by atoms with E-state index in [0.717, 1.165) is 38.8 Å². The second-order valence-corrected chi connectivity index (χ2v) is 7.12. The van der Waals surface area contributed by atoms with Gasteiger partial charge in [-0.1, -0.05) is 91.0 Å². The molecular weight excluding hydrogens is 356 g/mol. The highest BCUT2D eigenvalue weighted by Crippen LogP contribution is 2.45. The van der Waals surface area contributed by atoms with E-state index in [9.17, 15) is 5.26 Å². The van der Waals surface area contributed by atoms with E-state index in [2.05, 4.69) is 48.5 Å². The molecule has 29 heavy (non-hydrogen) atoms. The van der Waals surface area contributed by atoms with Crippen molar-refractivity contribution in [3.8, 4) is 22.9 Å². The van der Waals surface area contributed by atoms with Gasteiger partial charge in [-0.2, -0.15) is 5.26 Å². The Morgan fingerprint density at radius 3 is 2.21 bits per heavy atom. The Hall–Kier alpha value is -4.03. The van der Waals surface area contributed by atoms with Crippen molar-refractivity contribution in [2.45, 2.75) is 5.92 Å². The molecule has 0 aliphatic carbocycles. The highest BCUT2D eigenvalue weighted by molar-refractivity contribution is 5.91. The van der Waals surface area contributed by atoms with E-state index in [1.54, 1.807) is 0 Å². The van der Waals surface area contributed by atoms with Crippen LogP contribution in [-0.2, 0) is 0 Å². The predicted molar refractivity (Wildman–Crippen MR) is 115 cm³/mol. The third-order valence-corrected chi connectivity index (χ3v) is 5.46. The van der Waals surface area contributed by atoms with Crippen molar-refractivity contribution in [1.29, 1.82) is 5.26 Å². The van der Waals surface area contributed by atoms with Crippen molar-refractivity contribution in [3.63, 3.8) is 0 Å². The Balaban J connectivity index is 1.66. The van der Waals surface area contributed by atoms with Gasteiger partial charge in [0.05, 0.1) is 5.92 Å². The molecule has 0 saturated heterocycles. The standard InChI is InChI=1S/C26H18N2O/c27-16-23-24(20-12-10-18(11-13-20)17-6-2-1-3-7-17)22-15-14-19-8-4-5-9-21(19)25(22)29-26(23)28/h1-15,24H,28H2/t24-/m0/s1. The summed E-state index contributed by atoms with van der Waals surface area (Å²) in [5.74, 6) is 0.656. The summed E-state index contributed by atoms with van der Waals surface area (Å²) in [4.78, 5) is 0. The first-order chi connectivity index (χ1) is 14.3. The van der Waals surface area contributed by atoms with E-state index < -0.39 is 0 Å². The zero-order valence-electron chi connectivity index (χ0n) is 15.7. The van der Waals surface area contributed by atoms with Gasteiger partial charge in [-0.25, -0.2) is 0 Å². The Morgan fingerprint density at radius 2 is 1.45 bits per heavy atom. The third kappa shape index (κ3) is 2.83. The van der Waals surface area contributed by atoms with Crippen LogP contribution in [0.25, 0.3) is 21.9 Å². The first-order valence-corrected chi connectivity index (χ1v) is 9.51. The summed E-state index contributed by atoms with van der Waals surface area (Å²) in [7, 11) is 0. The first-order valence-electron chi connectivity index (χ1n) is 9.51. The van der Waals surface area contributed by atoms with Crippen LogP contribution in [0, 0.1) is 11.3 Å². The van der Waals surface area contributed by atoms with Crippen molar-refractivity contribution >= 4 is 10.8 Å². The van der Waals surface area contributed by atoms with Gasteiger partial charge in [-0.05, 0) is 22.1 Å². The van der Waals surface area contributed by atoms with Crippen LogP contribution in [0.4, 0.5) is 0 Å². The molecule has 5 rings (SSSR count). The van der Waals surface area contributed by atoms with Crippen LogP contribution in [0.15, 0.2) is 102 Å². The van der Waals surface area contributed by atoms with Crippen molar-refractivity contribution in [3.05, 3.63) is 114 Å². The van der Waals surface area contributed by atoms with E-state index >= 15 is 0 Å². The molecule has 4 aromatic rings. The topological polar surface area (TPSA) is 59.0 Å². The molecule has 1 atom stereocenters. The molecule has 4 aromatic carbocycles. The van der Waals surface area contributed by atoms with Crippen LogP contribution in [0.2, 0.25) is 0 Å². The van der Waals surface area contributed by atoms with E-state index in [1.807, 2.05) is 48.5 Å². The average molecular weight is 374 g/mol. The maximum atomic E-state index is 9.80. The molecule has 0 amide bonds. The van der Waals surface area contributed by atoms with Crippen LogP contribution in [0.5, 0.6) is 5.75 Å². The quantitative estimate of drug-likeness (QED) is 0.488. The second-order valence-electron chi connectivity index (χ2n) is 7.12. The molecule has 138 valence electrons. The number of benzene rings is 4. The fourth-order valence-electron chi connectivity index (χ4n) is 4.03. The number of nitrogens with two attached hydrogens (primary N) is 1. The monoisotopic (exact) mass is 374 g/mol. The van der Waals surface area contributed by atoms with Gasteiger partial charge < -0.3 is 10.5 Å². The second kappa shape index (κ2) is 6.85. The number of nitrogens with zero attached hydrogens (tertiary/aromatic N) is 1. The van der Waals surface area contributed by atoms with Crippen LogP contribution in [0.3, 0.4) is 0 Å². The maximum absolute atomic E-state index is 9.80. The normalized spacial score (nSPS) is 15.5. The van der Waals surface area contributed by atoms with E-state index in [0.29, 0.717) is 5.57 Å². The molecule has 0 bridgehead atoms. The van der Waals surface area contributed by atoms with Crippen LogP contribution in [0.1, 0.15) is 17.0 Å². The van der Waals surface area contributed by atoms with Gasteiger partial charge in [0.1, 0.15) is 17.4 Å². The number of nitriles is 1. The first kappa shape index (κ1) is 17.1. The Labute approximate surface area is 169 Å².